The Morgan fingerprint density at radius 3 is 2.48 bits per heavy atom. The summed E-state index contributed by atoms with van der Waals surface area (Å²) in [6.07, 6.45) is 1.40. The van der Waals surface area contributed by atoms with E-state index in [9.17, 15) is 14.4 Å². The number of hydrogen-bond donors (Lipinski definition) is 1. The number of benzene rings is 1. The number of aryl methyl sites for hydroxylation is 1. The van der Waals surface area contributed by atoms with Crippen molar-refractivity contribution in [3.05, 3.63) is 28.8 Å². The van der Waals surface area contributed by atoms with Gasteiger partial charge in [0.05, 0.1) is 5.92 Å². The second-order valence-corrected chi connectivity index (χ2v) is 7.25. The number of piperidine rings is 1. The molecule has 2 aliphatic rings. The lowest BCUT2D eigenvalue weighted by Gasteiger charge is -2.32. The van der Waals surface area contributed by atoms with Crippen LogP contribution in [-0.4, -0.2) is 42.3 Å². The molecule has 0 bridgehead atoms. The molecule has 0 saturated carbocycles. The van der Waals surface area contributed by atoms with Gasteiger partial charge in [-0.15, -0.1) is 0 Å². The van der Waals surface area contributed by atoms with Crippen LogP contribution in [0.2, 0.25) is 5.02 Å². The Morgan fingerprint density at radius 2 is 1.88 bits per heavy atom. The van der Waals surface area contributed by atoms with Crippen LogP contribution in [0.4, 0.5) is 5.69 Å². The van der Waals surface area contributed by atoms with Crippen molar-refractivity contribution < 1.29 is 14.4 Å². The summed E-state index contributed by atoms with van der Waals surface area (Å²) < 4.78 is 0. The molecule has 1 atom stereocenters. The summed E-state index contributed by atoms with van der Waals surface area (Å²) in [5.41, 5.74) is 7.00. The van der Waals surface area contributed by atoms with Crippen LogP contribution in [0.15, 0.2) is 18.2 Å². The fraction of sp³-hybridized carbons (Fsp3) is 0.500. The Kier molecular flexibility index (Phi) is 4.99. The molecule has 3 amide bonds. The molecule has 1 aromatic rings. The second kappa shape index (κ2) is 7.04. The summed E-state index contributed by atoms with van der Waals surface area (Å²) in [4.78, 5) is 39.7. The maximum absolute atomic E-state index is 12.7. The van der Waals surface area contributed by atoms with E-state index in [0.717, 1.165) is 11.3 Å². The highest BCUT2D eigenvalue weighted by atomic mass is 35.5. The Bertz CT molecular complexity index is 714. The van der Waals surface area contributed by atoms with E-state index in [1.165, 1.54) is 0 Å². The van der Waals surface area contributed by atoms with Crippen molar-refractivity contribution >= 4 is 35.0 Å². The number of amides is 3. The zero-order chi connectivity index (χ0) is 18.1. The molecule has 2 aliphatic heterocycles. The number of carbonyl (C=O) groups is 3. The zero-order valence-corrected chi connectivity index (χ0v) is 15.0. The summed E-state index contributed by atoms with van der Waals surface area (Å²) in [6, 6.07) is 5.49. The van der Waals surface area contributed by atoms with E-state index in [2.05, 4.69) is 0 Å². The minimum absolute atomic E-state index is 0.0167. The fourth-order valence-corrected chi connectivity index (χ4v) is 3.69. The van der Waals surface area contributed by atoms with Gasteiger partial charge in [-0.3, -0.25) is 14.4 Å². The van der Waals surface area contributed by atoms with Crippen molar-refractivity contribution in [3.8, 4) is 0 Å². The third kappa shape index (κ3) is 3.63. The molecular formula is C18H22ClN3O3. The number of primary amides is 1. The molecule has 0 unspecified atom stereocenters. The molecule has 2 fully saturated rings. The lowest BCUT2D eigenvalue weighted by atomic mass is 9.95. The lowest BCUT2D eigenvalue weighted by Crippen LogP contribution is -2.44. The van der Waals surface area contributed by atoms with Gasteiger partial charge in [-0.1, -0.05) is 17.7 Å². The number of carbonyl (C=O) groups excluding carboxylic acids is 3. The maximum atomic E-state index is 12.7. The highest BCUT2D eigenvalue weighted by Gasteiger charge is 2.38. The van der Waals surface area contributed by atoms with Crippen molar-refractivity contribution in [1.29, 1.82) is 0 Å². The van der Waals surface area contributed by atoms with Crippen LogP contribution in [-0.2, 0) is 14.4 Å². The number of halogens is 1. The summed E-state index contributed by atoms with van der Waals surface area (Å²) in [5, 5.41) is 0.605. The first kappa shape index (κ1) is 17.7. The number of hydrogen-bond acceptors (Lipinski definition) is 3. The van der Waals surface area contributed by atoms with E-state index < -0.39 is 0 Å². The Morgan fingerprint density at radius 1 is 1.20 bits per heavy atom. The van der Waals surface area contributed by atoms with Crippen LogP contribution in [0.25, 0.3) is 0 Å². The smallest absolute Gasteiger partial charge is 0.228 e. The molecular weight excluding hydrogens is 342 g/mol. The van der Waals surface area contributed by atoms with Gasteiger partial charge < -0.3 is 15.5 Å². The SMILES string of the molecule is Cc1ccc(N2C[C@H](C(=O)N3CCC(C(N)=O)CC3)CC2=O)cc1Cl. The quantitative estimate of drug-likeness (QED) is 0.887. The van der Waals surface area contributed by atoms with Crippen molar-refractivity contribution in [3.63, 3.8) is 0 Å². The van der Waals surface area contributed by atoms with Crippen LogP contribution in [0.5, 0.6) is 0 Å². The number of nitrogens with two attached hydrogens (primary N) is 1. The van der Waals surface area contributed by atoms with Crippen molar-refractivity contribution in [1.82, 2.24) is 4.90 Å². The van der Waals surface area contributed by atoms with Gasteiger partial charge in [-0.2, -0.15) is 0 Å². The molecule has 25 heavy (non-hydrogen) atoms. The molecule has 3 rings (SSSR count). The van der Waals surface area contributed by atoms with Gasteiger partial charge in [-0.25, -0.2) is 0 Å². The standard InChI is InChI=1S/C18H22ClN3O3/c1-11-2-3-14(9-15(11)19)22-10-13(8-16(22)23)18(25)21-6-4-12(5-7-21)17(20)24/h2-3,9,12-13H,4-8,10H2,1H3,(H2,20,24)/t13-/m1/s1. The largest absolute Gasteiger partial charge is 0.369 e. The minimum atomic E-state index is -0.349. The summed E-state index contributed by atoms with van der Waals surface area (Å²) in [5.74, 6) is -0.883. The monoisotopic (exact) mass is 363 g/mol. The molecule has 2 N–H and O–H groups in total. The summed E-state index contributed by atoms with van der Waals surface area (Å²) >= 11 is 6.15. The van der Waals surface area contributed by atoms with E-state index in [0.29, 0.717) is 37.5 Å². The van der Waals surface area contributed by atoms with Crippen molar-refractivity contribution in [2.24, 2.45) is 17.6 Å². The molecule has 2 saturated heterocycles. The average molecular weight is 364 g/mol. The van der Waals surface area contributed by atoms with E-state index in [1.54, 1.807) is 15.9 Å². The number of anilines is 1. The molecule has 0 spiro atoms. The number of likely N-dealkylation sites (tertiary alicyclic amines) is 1. The first-order chi connectivity index (χ1) is 11.9. The van der Waals surface area contributed by atoms with Crippen LogP contribution in [0.1, 0.15) is 24.8 Å². The molecule has 0 aromatic heterocycles. The predicted octanol–water partition coefficient (Wildman–Crippen LogP) is 1.73. The van der Waals surface area contributed by atoms with Gasteiger partial charge in [-0.05, 0) is 37.5 Å². The van der Waals surface area contributed by atoms with E-state index in [-0.39, 0.29) is 36.0 Å². The molecule has 1 aromatic carbocycles. The van der Waals surface area contributed by atoms with Gasteiger partial charge in [0.15, 0.2) is 0 Å². The highest BCUT2D eigenvalue weighted by molar-refractivity contribution is 6.31. The minimum Gasteiger partial charge on any atom is -0.369 e. The first-order valence-corrected chi connectivity index (χ1v) is 8.89. The van der Waals surface area contributed by atoms with Crippen LogP contribution < -0.4 is 10.6 Å². The Balaban J connectivity index is 1.65. The number of rotatable bonds is 3. The maximum Gasteiger partial charge on any atom is 0.228 e. The molecule has 0 radical (unpaired) electrons. The third-order valence-corrected chi connectivity index (χ3v) is 5.56. The third-order valence-electron chi connectivity index (χ3n) is 5.15. The van der Waals surface area contributed by atoms with Crippen LogP contribution in [0.3, 0.4) is 0 Å². The van der Waals surface area contributed by atoms with Gasteiger partial charge in [0.25, 0.3) is 0 Å². The lowest BCUT2D eigenvalue weighted by molar-refractivity contribution is -0.138. The normalized spacial score (nSPS) is 21.7. The predicted molar refractivity (Wildman–Crippen MR) is 95.1 cm³/mol. The van der Waals surface area contributed by atoms with Gasteiger partial charge >= 0.3 is 0 Å². The highest BCUT2D eigenvalue weighted by Crippen LogP contribution is 2.30. The second-order valence-electron chi connectivity index (χ2n) is 6.84. The first-order valence-electron chi connectivity index (χ1n) is 8.51. The summed E-state index contributed by atoms with van der Waals surface area (Å²) in [7, 11) is 0. The molecule has 0 aliphatic carbocycles. The zero-order valence-electron chi connectivity index (χ0n) is 14.2. The van der Waals surface area contributed by atoms with Gasteiger partial charge in [0, 0.05) is 42.7 Å². The molecule has 134 valence electrons. The molecule has 6 nitrogen and oxygen atoms in total. The van der Waals surface area contributed by atoms with Gasteiger partial charge in [0.1, 0.15) is 0 Å². The summed E-state index contributed by atoms with van der Waals surface area (Å²) in [6.45, 7) is 3.31. The Hall–Kier alpha value is -2.08. The van der Waals surface area contributed by atoms with E-state index in [1.807, 2.05) is 19.1 Å². The van der Waals surface area contributed by atoms with Crippen LogP contribution in [0, 0.1) is 18.8 Å². The number of nitrogens with zero attached hydrogens (tertiary/aromatic N) is 2. The van der Waals surface area contributed by atoms with Crippen molar-refractivity contribution in [2.45, 2.75) is 26.2 Å². The van der Waals surface area contributed by atoms with E-state index in [4.69, 9.17) is 17.3 Å². The Labute approximate surface area is 151 Å². The molecule has 2 heterocycles. The van der Waals surface area contributed by atoms with Gasteiger partial charge in [0.2, 0.25) is 17.7 Å². The molecule has 7 heteroatoms. The average Bonchev–Trinajstić information content (AvgIpc) is 2.98. The van der Waals surface area contributed by atoms with Crippen LogP contribution >= 0.6 is 11.6 Å². The topological polar surface area (TPSA) is 83.7 Å². The van der Waals surface area contributed by atoms with E-state index >= 15 is 0 Å². The van der Waals surface area contributed by atoms with Crippen molar-refractivity contribution in [2.75, 3.05) is 24.5 Å². The fourth-order valence-electron chi connectivity index (χ4n) is 3.51.